The molecule has 2 heteroatoms. The number of hydrogen-bond acceptors (Lipinski definition) is 2. The van der Waals surface area contributed by atoms with E-state index in [0.29, 0.717) is 0 Å². The van der Waals surface area contributed by atoms with E-state index < -0.39 is 0 Å². The molecule has 1 aliphatic heterocycles. The molecule has 0 unspecified atom stereocenters. The van der Waals surface area contributed by atoms with Crippen LogP contribution in [0.1, 0.15) is 25.7 Å². The van der Waals surface area contributed by atoms with Gasteiger partial charge >= 0.3 is 0 Å². The number of rotatable bonds is 3. The Morgan fingerprint density at radius 2 is 1.69 bits per heavy atom. The van der Waals surface area contributed by atoms with Gasteiger partial charge in [0.2, 0.25) is 0 Å². The van der Waals surface area contributed by atoms with Gasteiger partial charge < -0.3 is 9.64 Å². The normalized spacial score (nSPS) is 23.8. The first kappa shape index (κ1) is 9.22. The lowest BCUT2D eigenvalue weighted by Gasteiger charge is -2.27. The first-order valence-corrected chi connectivity index (χ1v) is 5.31. The highest BCUT2D eigenvalue weighted by atomic mass is 16.5. The van der Waals surface area contributed by atoms with Crippen molar-refractivity contribution < 1.29 is 4.74 Å². The van der Waals surface area contributed by atoms with Gasteiger partial charge in [-0.05, 0) is 25.7 Å². The molecular formula is C11H19NO. The fourth-order valence-corrected chi connectivity index (χ4v) is 2.04. The third-order valence-corrected chi connectivity index (χ3v) is 3.07. The summed E-state index contributed by atoms with van der Waals surface area (Å²) in [6.45, 7) is 4.50. The summed E-state index contributed by atoms with van der Waals surface area (Å²) in [5.41, 5.74) is 3.54. The highest BCUT2D eigenvalue weighted by molar-refractivity contribution is 5.26. The maximum atomic E-state index is 5.08. The van der Waals surface area contributed by atoms with Gasteiger partial charge in [0, 0.05) is 26.7 Å². The Kier molecular flexibility index (Phi) is 3.01. The van der Waals surface area contributed by atoms with Gasteiger partial charge in [0.1, 0.15) is 0 Å². The van der Waals surface area contributed by atoms with E-state index in [4.69, 9.17) is 4.74 Å². The number of piperidine rings is 1. The molecule has 0 atom stereocenters. The zero-order chi connectivity index (χ0) is 9.10. The van der Waals surface area contributed by atoms with Crippen LogP contribution in [0.4, 0.5) is 0 Å². The molecule has 2 nitrogen and oxygen atoms in total. The summed E-state index contributed by atoms with van der Waals surface area (Å²) < 4.78 is 5.08. The smallest absolute Gasteiger partial charge is 0.0589 e. The van der Waals surface area contributed by atoms with Crippen LogP contribution < -0.4 is 0 Å². The lowest BCUT2D eigenvalue weighted by Crippen LogP contribution is -2.33. The van der Waals surface area contributed by atoms with E-state index in [1.165, 1.54) is 38.8 Å². The molecule has 74 valence electrons. The van der Waals surface area contributed by atoms with Crippen molar-refractivity contribution >= 4 is 0 Å². The zero-order valence-electron chi connectivity index (χ0n) is 8.51. The first-order valence-electron chi connectivity index (χ1n) is 5.31. The van der Waals surface area contributed by atoms with E-state index in [-0.39, 0.29) is 0 Å². The molecule has 0 amide bonds. The number of methoxy groups -OCH3 is 1. The summed E-state index contributed by atoms with van der Waals surface area (Å²) in [6, 6.07) is 0. The molecular weight excluding hydrogens is 162 g/mol. The fourth-order valence-electron chi connectivity index (χ4n) is 2.04. The maximum Gasteiger partial charge on any atom is 0.0589 e. The predicted octanol–water partition coefficient (Wildman–Crippen LogP) is 1.82. The van der Waals surface area contributed by atoms with E-state index in [0.717, 1.165) is 13.2 Å². The van der Waals surface area contributed by atoms with Crippen LogP contribution in [0.2, 0.25) is 0 Å². The standard InChI is InChI=1S/C11H19NO/c1-13-9-8-12-6-4-11(5-7-12)10-2-3-10/h2-9H2,1H3. The van der Waals surface area contributed by atoms with E-state index >= 15 is 0 Å². The van der Waals surface area contributed by atoms with Crippen molar-refractivity contribution in [3.05, 3.63) is 11.1 Å². The number of likely N-dealkylation sites (tertiary alicyclic amines) is 1. The molecule has 1 aliphatic carbocycles. The van der Waals surface area contributed by atoms with E-state index in [1.54, 1.807) is 18.3 Å². The van der Waals surface area contributed by atoms with E-state index in [2.05, 4.69) is 4.90 Å². The quantitative estimate of drug-likeness (QED) is 0.616. The Morgan fingerprint density at radius 3 is 2.23 bits per heavy atom. The molecule has 0 spiro atoms. The van der Waals surface area contributed by atoms with Crippen LogP contribution in [0.5, 0.6) is 0 Å². The Morgan fingerprint density at radius 1 is 1.08 bits per heavy atom. The van der Waals surface area contributed by atoms with Gasteiger partial charge in [0.15, 0.2) is 0 Å². The molecule has 2 rings (SSSR count). The summed E-state index contributed by atoms with van der Waals surface area (Å²) in [7, 11) is 1.78. The molecule has 0 aromatic carbocycles. The Bertz CT molecular complexity index is 194. The lowest BCUT2D eigenvalue weighted by atomic mass is 10.0. The van der Waals surface area contributed by atoms with Crippen molar-refractivity contribution in [3.8, 4) is 0 Å². The minimum atomic E-state index is 0.881. The first-order chi connectivity index (χ1) is 6.40. The molecule has 1 heterocycles. The van der Waals surface area contributed by atoms with E-state index in [9.17, 15) is 0 Å². The van der Waals surface area contributed by atoms with Crippen molar-refractivity contribution in [1.82, 2.24) is 4.90 Å². The largest absolute Gasteiger partial charge is 0.383 e. The average Bonchev–Trinajstić information content (AvgIpc) is 2.99. The van der Waals surface area contributed by atoms with Crippen LogP contribution in [-0.2, 0) is 4.74 Å². The van der Waals surface area contributed by atoms with E-state index in [1.807, 2.05) is 0 Å². The molecule has 2 fully saturated rings. The minimum absolute atomic E-state index is 0.881. The van der Waals surface area contributed by atoms with Gasteiger partial charge in [-0.2, -0.15) is 0 Å². The SMILES string of the molecule is COCCN1CCC(=C2CC2)CC1. The number of hydrogen-bond donors (Lipinski definition) is 0. The van der Waals surface area contributed by atoms with Gasteiger partial charge in [0.05, 0.1) is 6.61 Å². The summed E-state index contributed by atoms with van der Waals surface area (Å²) in [4.78, 5) is 2.51. The second kappa shape index (κ2) is 4.25. The maximum absolute atomic E-state index is 5.08. The second-order valence-corrected chi connectivity index (χ2v) is 4.04. The molecule has 13 heavy (non-hydrogen) atoms. The third kappa shape index (κ3) is 2.55. The molecule has 1 saturated carbocycles. The minimum Gasteiger partial charge on any atom is -0.383 e. The third-order valence-electron chi connectivity index (χ3n) is 3.07. The van der Waals surface area contributed by atoms with Crippen molar-refractivity contribution in [2.24, 2.45) is 0 Å². The molecule has 0 bridgehead atoms. The highest BCUT2D eigenvalue weighted by Crippen LogP contribution is 2.35. The number of ether oxygens (including phenoxy) is 1. The molecule has 0 N–H and O–H groups in total. The Labute approximate surface area is 80.6 Å². The Hall–Kier alpha value is -0.340. The van der Waals surface area contributed by atoms with Crippen molar-refractivity contribution in [1.29, 1.82) is 0 Å². The van der Waals surface area contributed by atoms with Crippen LogP contribution in [0.3, 0.4) is 0 Å². The summed E-state index contributed by atoms with van der Waals surface area (Å²) in [5, 5.41) is 0. The molecule has 1 saturated heterocycles. The summed E-state index contributed by atoms with van der Waals surface area (Å²) in [6.07, 6.45) is 5.43. The molecule has 0 aromatic rings. The van der Waals surface area contributed by atoms with Crippen LogP contribution in [0.15, 0.2) is 11.1 Å². The van der Waals surface area contributed by atoms with Gasteiger partial charge in [0.25, 0.3) is 0 Å². The van der Waals surface area contributed by atoms with Gasteiger partial charge in [-0.25, -0.2) is 0 Å². The lowest BCUT2D eigenvalue weighted by molar-refractivity contribution is 0.143. The highest BCUT2D eigenvalue weighted by Gasteiger charge is 2.21. The zero-order valence-corrected chi connectivity index (χ0v) is 8.51. The van der Waals surface area contributed by atoms with Gasteiger partial charge in [-0.1, -0.05) is 11.1 Å². The number of nitrogens with zero attached hydrogens (tertiary/aromatic N) is 1. The average molecular weight is 181 g/mol. The van der Waals surface area contributed by atoms with Crippen LogP contribution in [0.25, 0.3) is 0 Å². The second-order valence-electron chi connectivity index (χ2n) is 4.04. The van der Waals surface area contributed by atoms with Crippen molar-refractivity contribution in [2.45, 2.75) is 25.7 Å². The predicted molar refractivity (Wildman–Crippen MR) is 53.8 cm³/mol. The topological polar surface area (TPSA) is 12.5 Å². The van der Waals surface area contributed by atoms with Crippen molar-refractivity contribution in [3.63, 3.8) is 0 Å². The Balaban J connectivity index is 1.73. The van der Waals surface area contributed by atoms with Crippen LogP contribution in [0, 0.1) is 0 Å². The fraction of sp³-hybridized carbons (Fsp3) is 0.818. The van der Waals surface area contributed by atoms with Gasteiger partial charge in [-0.15, -0.1) is 0 Å². The number of allylic oxidation sites excluding steroid dienone is 1. The monoisotopic (exact) mass is 181 g/mol. The summed E-state index contributed by atoms with van der Waals surface area (Å²) >= 11 is 0. The van der Waals surface area contributed by atoms with Crippen LogP contribution in [-0.4, -0.2) is 38.3 Å². The summed E-state index contributed by atoms with van der Waals surface area (Å²) in [5.74, 6) is 0. The van der Waals surface area contributed by atoms with Crippen LogP contribution >= 0.6 is 0 Å². The van der Waals surface area contributed by atoms with Crippen molar-refractivity contribution in [2.75, 3.05) is 33.4 Å². The van der Waals surface area contributed by atoms with Gasteiger partial charge in [-0.3, -0.25) is 0 Å². The molecule has 0 aromatic heterocycles. The molecule has 0 radical (unpaired) electrons. The molecule has 2 aliphatic rings.